The van der Waals surface area contributed by atoms with Gasteiger partial charge in [0.15, 0.2) is 0 Å². The van der Waals surface area contributed by atoms with Crippen LogP contribution in [0.15, 0.2) is 30.5 Å². The first kappa shape index (κ1) is 17.7. The molecule has 23 heavy (non-hydrogen) atoms. The molecule has 0 bridgehead atoms. The Bertz CT molecular complexity index is 653. The van der Waals surface area contributed by atoms with Gasteiger partial charge in [-0.3, -0.25) is 4.79 Å². The third-order valence-corrected chi connectivity index (χ3v) is 4.64. The maximum absolute atomic E-state index is 11.2. The van der Waals surface area contributed by atoms with Crippen molar-refractivity contribution >= 4 is 28.5 Å². The van der Waals surface area contributed by atoms with Gasteiger partial charge in [-0.15, -0.1) is 11.6 Å². The molecule has 2 aromatic rings. The van der Waals surface area contributed by atoms with Gasteiger partial charge >= 0.3 is 5.97 Å². The number of benzene rings is 1. The Morgan fingerprint density at radius 1 is 1.26 bits per heavy atom. The molecule has 0 spiro atoms. The van der Waals surface area contributed by atoms with E-state index in [1.165, 1.54) is 0 Å². The Morgan fingerprint density at radius 3 is 2.70 bits per heavy atom. The predicted octanol–water partition coefficient (Wildman–Crippen LogP) is 4.94. The summed E-state index contributed by atoms with van der Waals surface area (Å²) in [6.07, 6.45) is 6.26. The number of carboxylic acids is 1. The minimum absolute atomic E-state index is 0.0233. The maximum atomic E-state index is 11.2. The quantitative estimate of drug-likeness (QED) is 0.637. The minimum Gasteiger partial charge on any atom is -0.506 e. The van der Waals surface area contributed by atoms with E-state index in [1.54, 1.807) is 6.20 Å². The van der Waals surface area contributed by atoms with Crippen LogP contribution in [-0.2, 0) is 4.79 Å². The Morgan fingerprint density at radius 2 is 2.00 bits per heavy atom. The van der Waals surface area contributed by atoms with Gasteiger partial charge in [0.1, 0.15) is 5.75 Å². The van der Waals surface area contributed by atoms with Gasteiger partial charge in [-0.2, -0.15) is 0 Å². The van der Waals surface area contributed by atoms with Crippen LogP contribution in [0.1, 0.15) is 51.5 Å². The first-order chi connectivity index (χ1) is 11.0. The number of para-hydroxylation sites is 1. The number of hydrogen-bond donors (Lipinski definition) is 2. The average molecular weight is 338 g/mol. The normalized spacial score (nSPS) is 14.0. The van der Waals surface area contributed by atoms with Crippen LogP contribution in [0.5, 0.6) is 5.75 Å². The molecular weight excluding hydrogens is 314 g/mol. The van der Waals surface area contributed by atoms with Crippen LogP contribution in [0.25, 0.3) is 10.9 Å². The smallest absolute Gasteiger partial charge is 0.305 e. The van der Waals surface area contributed by atoms with E-state index >= 15 is 0 Å². The molecule has 126 valence electrons. The molecule has 2 atom stereocenters. The molecule has 1 heterocycles. The summed E-state index contributed by atoms with van der Waals surface area (Å²) < 4.78 is 1.88. The third-order valence-electron chi connectivity index (χ3n) is 4.21. The SMILES string of the molecule is CCCCC(Cl)CCC(CC(=O)O)n1cc(O)c2ccccc21. The van der Waals surface area contributed by atoms with Crippen LogP contribution in [-0.4, -0.2) is 26.1 Å². The van der Waals surface area contributed by atoms with Crippen molar-refractivity contribution in [2.45, 2.75) is 56.9 Å². The molecule has 0 aliphatic heterocycles. The molecule has 2 rings (SSSR count). The van der Waals surface area contributed by atoms with Crippen molar-refractivity contribution in [2.75, 3.05) is 0 Å². The van der Waals surface area contributed by atoms with Gasteiger partial charge in [0.25, 0.3) is 0 Å². The zero-order chi connectivity index (χ0) is 16.8. The standard InChI is InChI=1S/C18H24ClNO3/c1-2-3-6-13(19)9-10-14(11-18(22)23)20-12-17(21)15-7-4-5-8-16(15)20/h4-5,7-8,12-14,21H,2-3,6,9-11H2,1H3,(H,22,23). The zero-order valence-electron chi connectivity index (χ0n) is 13.4. The summed E-state index contributed by atoms with van der Waals surface area (Å²) in [5, 5.41) is 20.1. The molecule has 0 saturated carbocycles. The van der Waals surface area contributed by atoms with Crippen molar-refractivity contribution in [1.82, 2.24) is 4.57 Å². The highest BCUT2D eigenvalue weighted by molar-refractivity contribution is 6.20. The van der Waals surface area contributed by atoms with Gasteiger partial charge in [-0.1, -0.05) is 31.9 Å². The lowest BCUT2D eigenvalue weighted by atomic mass is 10.0. The van der Waals surface area contributed by atoms with Gasteiger partial charge in [0.2, 0.25) is 0 Å². The van der Waals surface area contributed by atoms with E-state index in [2.05, 4.69) is 6.92 Å². The van der Waals surface area contributed by atoms with Gasteiger partial charge in [-0.05, 0) is 31.4 Å². The molecule has 2 N–H and O–H groups in total. The number of carboxylic acid groups (broad SMARTS) is 1. The zero-order valence-corrected chi connectivity index (χ0v) is 14.2. The van der Waals surface area contributed by atoms with Gasteiger partial charge in [0.05, 0.1) is 11.9 Å². The lowest BCUT2D eigenvalue weighted by molar-refractivity contribution is -0.137. The number of nitrogens with zero attached hydrogens (tertiary/aromatic N) is 1. The van der Waals surface area contributed by atoms with Crippen molar-refractivity contribution in [2.24, 2.45) is 0 Å². The van der Waals surface area contributed by atoms with Crippen molar-refractivity contribution in [3.8, 4) is 5.75 Å². The number of carbonyl (C=O) groups is 1. The molecule has 0 aliphatic rings. The number of aliphatic carboxylic acids is 1. The van der Waals surface area contributed by atoms with Crippen molar-refractivity contribution in [3.05, 3.63) is 30.5 Å². The summed E-state index contributed by atoms with van der Waals surface area (Å²) in [7, 11) is 0. The maximum Gasteiger partial charge on any atom is 0.305 e. The number of rotatable bonds is 9. The van der Waals surface area contributed by atoms with Crippen molar-refractivity contribution in [1.29, 1.82) is 0 Å². The monoisotopic (exact) mass is 337 g/mol. The highest BCUT2D eigenvalue weighted by Gasteiger charge is 2.20. The lowest BCUT2D eigenvalue weighted by Gasteiger charge is -2.20. The van der Waals surface area contributed by atoms with Crippen LogP contribution in [0.2, 0.25) is 0 Å². The topological polar surface area (TPSA) is 62.5 Å². The molecule has 5 heteroatoms. The molecule has 1 aromatic heterocycles. The summed E-state index contributed by atoms with van der Waals surface area (Å²) >= 11 is 6.35. The van der Waals surface area contributed by atoms with E-state index in [9.17, 15) is 15.0 Å². The van der Waals surface area contributed by atoms with E-state index in [0.717, 1.165) is 36.6 Å². The predicted molar refractivity (Wildman–Crippen MR) is 93.3 cm³/mol. The summed E-state index contributed by atoms with van der Waals surface area (Å²) in [6, 6.07) is 7.28. The third kappa shape index (κ3) is 4.64. The van der Waals surface area contributed by atoms with E-state index < -0.39 is 5.97 Å². The number of unbranched alkanes of at least 4 members (excludes halogenated alkanes) is 1. The van der Waals surface area contributed by atoms with E-state index in [-0.39, 0.29) is 23.6 Å². The fourth-order valence-electron chi connectivity index (χ4n) is 2.97. The fraction of sp³-hybridized carbons (Fsp3) is 0.500. The Balaban J connectivity index is 2.18. The number of hydrogen-bond acceptors (Lipinski definition) is 2. The Kier molecular flexibility index (Phi) is 6.34. The Labute approximate surface area is 141 Å². The Hall–Kier alpha value is -1.68. The summed E-state index contributed by atoms with van der Waals surface area (Å²) in [5.41, 5.74) is 0.857. The number of aromatic hydroxyl groups is 1. The van der Waals surface area contributed by atoms with Crippen molar-refractivity contribution in [3.63, 3.8) is 0 Å². The molecule has 0 amide bonds. The van der Waals surface area contributed by atoms with Crippen LogP contribution < -0.4 is 0 Å². The second-order valence-electron chi connectivity index (χ2n) is 6.01. The van der Waals surface area contributed by atoms with Crippen LogP contribution in [0.3, 0.4) is 0 Å². The average Bonchev–Trinajstić information content (AvgIpc) is 2.86. The summed E-state index contributed by atoms with van der Waals surface area (Å²) in [5.74, 6) is -0.656. The molecular formula is C18H24ClNO3. The first-order valence-corrected chi connectivity index (χ1v) is 8.61. The summed E-state index contributed by atoms with van der Waals surface area (Å²) in [6.45, 7) is 2.13. The minimum atomic E-state index is -0.841. The largest absolute Gasteiger partial charge is 0.506 e. The second-order valence-corrected chi connectivity index (χ2v) is 6.62. The molecule has 0 saturated heterocycles. The number of fused-ring (bicyclic) bond motifs is 1. The molecule has 2 unspecified atom stereocenters. The molecule has 0 radical (unpaired) electrons. The summed E-state index contributed by atoms with van der Waals surface area (Å²) in [4.78, 5) is 11.2. The van der Waals surface area contributed by atoms with Crippen LogP contribution >= 0.6 is 11.6 Å². The van der Waals surface area contributed by atoms with Crippen LogP contribution in [0, 0.1) is 0 Å². The highest BCUT2D eigenvalue weighted by Crippen LogP contribution is 2.33. The van der Waals surface area contributed by atoms with Gasteiger partial charge in [-0.25, -0.2) is 0 Å². The van der Waals surface area contributed by atoms with Crippen molar-refractivity contribution < 1.29 is 15.0 Å². The van der Waals surface area contributed by atoms with Gasteiger partial charge in [0, 0.05) is 23.0 Å². The van der Waals surface area contributed by atoms with Crippen LogP contribution in [0.4, 0.5) is 0 Å². The first-order valence-electron chi connectivity index (χ1n) is 8.17. The number of aromatic nitrogens is 1. The number of alkyl halides is 1. The van der Waals surface area contributed by atoms with E-state index in [1.807, 2.05) is 28.8 Å². The second kappa shape index (κ2) is 8.25. The molecule has 1 aromatic carbocycles. The van der Waals surface area contributed by atoms with Gasteiger partial charge < -0.3 is 14.8 Å². The molecule has 4 nitrogen and oxygen atoms in total. The fourth-order valence-corrected chi connectivity index (χ4v) is 3.25. The number of halogens is 1. The highest BCUT2D eigenvalue weighted by atomic mass is 35.5. The molecule has 0 fully saturated rings. The molecule has 0 aliphatic carbocycles. The van der Waals surface area contributed by atoms with E-state index in [4.69, 9.17) is 11.6 Å². The van der Waals surface area contributed by atoms with E-state index in [0.29, 0.717) is 6.42 Å². The lowest BCUT2D eigenvalue weighted by Crippen LogP contribution is -2.15.